The fourth-order valence-electron chi connectivity index (χ4n) is 3.38. The monoisotopic (exact) mass is 497 g/mol. The molecule has 11 heteroatoms. The summed E-state index contributed by atoms with van der Waals surface area (Å²) in [4.78, 5) is 38.8. The zero-order valence-electron chi connectivity index (χ0n) is 18.1. The van der Waals surface area contributed by atoms with Gasteiger partial charge in [-0.25, -0.2) is 4.79 Å². The number of rotatable bonds is 8. The Labute approximate surface area is 203 Å². The van der Waals surface area contributed by atoms with E-state index in [1.54, 1.807) is 31.2 Å². The van der Waals surface area contributed by atoms with Crippen molar-refractivity contribution in [3.05, 3.63) is 91.6 Å². The summed E-state index contributed by atoms with van der Waals surface area (Å²) in [5.41, 5.74) is 6.10. The van der Waals surface area contributed by atoms with Crippen LogP contribution in [-0.4, -0.2) is 30.9 Å². The van der Waals surface area contributed by atoms with Crippen molar-refractivity contribution < 1.29 is 9.21 Å². The maximum atomic E-state index is 13.0. The molecule has 0 atom stereocenters. The lowest BCUT2D eigenvalue weighted by Crippen LogP contribution is -2.44. The van der Waals surface area contributed by atoms with E-state index in [4.69, 9.17) is 21.8 Å². The van der Waals surface area contributed by atoms with Crippen molar-refractivity contribution in [2.75, 3.05) is 11.5 Å². The number of anilines is 1. The molecule has 2 N–H and O–H groups in total. The van der Waals surface area contributed by atoms with Crippen molar-refractivity contribution in [1.82, 2.24) is 19.3 Å². The highest BCUT2D eigenvalue weighted by Gasteiger charge is 2.23. The zero-order valence-corrected chi connectivity index (χ0v) is 19.7. The third-order valence-corrected chi connectivity index (χ3v) is 6.10. The van der Waals surface area contributed by atoms with Gasteiger partial charge in [-0.1, -0.05) is 59.8 Å². The van der Waals surface area contributed by atoms with E-state index in [9.17, 15) is 14.4 Å². The molecular weight excluding hydrogens is 478 g/mol. The van der Waals surface area contributed by atoms with Crippen molar-refractivity contribution in [2.24, 2.45) is 0 Å². The van der Waals surface area contributed by atoms with E-state index in [0.29, 0.717) is 10.6 Å². The predicted molar refractivity (Wildman–Crippen MR) is 130 cm³/mol. The third kappa shape index (κ3) is 4.82. The van der Waals surface area contributed by atoms with Crippen LogP contribution in [0.1, 0.15) is 22.8 Å². The summed E-state index contributed by atoms with van der Waals surface area (Å²) >= 11 is 6.97. The quantitative estimate of drug-likeness (QED) is 0.290. The first kappa shape index (κ1) is 23.5. The van der Waals surface area contributed by atoms with E-state index in [1.165, 1.54) is 4.57 Å². The van der Waals surface area contributed by atoms with Gasteiger partial charge >= 0.3 is 5.69 Å². The van der Waals surface area contributed by atoms with Crippen LogP contribution >= 0.6 is 23.4 Å². The van der Waals surface area contributed by atoms with Gasteiger partial charge in [0.05, 0.1) is 12.3 Å². The topological polar surface area (TPSA) is 126 Å². The highest BCUT2D eigenvalue weighted by Crippen LogP contribution is 2.25. The summed E-state index contributed by atoms with van der Waals surface area (Å²) in [6.07, 6.45) is 0. The van der Waals surface area contributed by atoms with Crippen LogP contribution in [0.2, 0.25) is 5.02 Å². The highest BCUT2D eigenvalue weighted by atomic mass is 35.5. The fourth-order valence-corrected chi connectivity index (χ4v) is 4.21. The number of carbonyl (C=O) groups excluding carboxylic acids is 1. The molecule has 0 aliphatic rings. The van der Waals surface area contributed by atoms with Crippen molar-refractivity contribution in [1.29, 1.82) is 0 Å². The van der Waals surface area contributed by atoms with E-state index < -0.39 is 17.0 Å². The molecule has 0 aliphatic carbocycles. The Morgan fingerprint density at radius 1 is 1.09 bits per heavy atom. The lowest BCUT2D eigenvalue weighted by Gasteiger charge is -2.15. The molecule has 0 saturated heterocycles. The Hall–Kier alpha value is -3.63. The van der Waals surface area contributed by atoms with Crippen molar-refractivity contribution in [3.8, 4) is 11.5 Å². The first-order valence-electron chi connectivity index (χ1n) is 10.3. The fraction of sp³-hybridized carbons (Fsp3) is 0.174. The average Bonchev–Trinajstić information content (AvgIpc) is 3.31. The largest absolute Gasteiger partial charge is 0.411 e. The molecule has 2 heterocycles. The summed E-state index contributed by atoms with van der Waals surface area (Å²) < 4.78 is 7.84. The number of hydrogen-bond donors (Lipinski definition) is 1. The third-order valence-electron chi connectivity index (χ3n) is 5.05. The van der Waals surface area contributed by atoms with Gasteiger partial charge < -0.3 is 10.2 Å². The van der Waals surface area contributed by atoms with Gasteiger partial charge in [-0.2, -0.15) is 0 Å². The molecule has 0 spiro atoms. The Bertz CT molecular complexity index is 1460. The van der Waals surface area contributed by atoms with Crippen LogP contribution in [0.5, 0.6) is 0 Å². The van der Waals surface area contributed by atoms with Gasteiger partial charge in [0.2, 0.25) is 5.89 Å². The maximum Gasteiger partial charge on any atom is 0.332 e. The number of Topliss-reactive ketones (excluding diaryl/α,β-unsaturated/α-hetero) is 1. The number of benzene rings is 2. The summed E-state index contributed by atoms with van der Waals surface area (Å²) in [5.74, 6) is -0.635. The summed E-state index contributed by atoms with van der Waals surface area (Å²) in [6.45, 7) is 1.89. The molecule has 0 radical (unpaired) electrons. The normalized spacial score (nSPS) is 11.0. The maximum absolute atomic E-state index is 13.0. The van der Waals surface area contributed by atoms with Crippen LogP contribution in [0.4, 0.5) is 5.82 Å². The standard InChI is InChI=1S/C23H20ClN5O4S/c1-2-28-21(31)18(19(25)29(23(28)32)12-14-7-4-3-5-8-14)17(30)13-34-22-27-26-20(33-22)15-9-6-10-16(24)11-15/h3-11H,2,12-13,25H2,1H3. The number of nitrogens with zero attached hydrogens (tertiary/aromatic N) is 4. The number of hydrogen-bond acceptors (Lipinski definition) is 8. The van der Waals surface area contributed by atoms with E-state index in [2.05, 4.69) is 10.2 Å². The summed E-state index contributed by atoms with van der Waals surface area (Å²) in [5, 5.41) is 8.58. The lowest BCUT2D eigenvalue weighted by atomic mass is 10.2. The van der Waals surface area contributed by atoms with E-state index in [0.717, 1.165) is 21.9 Å². The molecule has 2 aromatic carbocycles. The van der Waals surface area contributed by atoms with Crippen LogP contribution in [0, 0.1) is 0 Å². The minimum absolute atomic E-state index is 0.104. The van der Waals surface area contributed by atoms with Crippen LogP contribution in [0.3, 0.4) is 0 Å². The van der Waals surface area contributed by atoms with E-state index >= 15 is 0 Å². The van der Waals surface area contributed by atoms with Crippen LogP contribution in [0.25, 0.3) is 11.5 Å². The molecule has 0 unspecified atom stereocenters. The average molecular weight is 498 g/mol. The number of nitrogens with two attached hydrogens (primary N) is 1. The minimum atomic E-state index is -0.718. The molecule has 4 rings (SSSR count). The number of halogens is 1. The van der Waals surface area contributed by atoms with Gasteiger partial charge in [-0.15, -0.1) is 10.2 Å². The smallest absolute Gasteiger partial charge is 0.332 e. The number of carbonyl (C=O) groups is 1. The first-order valence-corrected chi connectivity index (χ1v) is 11.7. The lowest BCUT2D eigenvalue weighted by molar-refractivity contribution is 0.102. The molecule has 9 nitrogen and oxygen atoms in total. The van der Waals surface area contributed by atoms with Gasteiger partial charge in [0, 0.05) is 17.1 Å². The summed E-state index contributed by atoms with van der Waals surface area (Å²) in [7, 11) is 0. The Morgan fingerprint density at radius 3 is 2.56 bits per heavy atom. The highest BCUT2D eigenvalue weighted by molar-refractivity contribution is 7.99. The van der Waals surface area contributed by atoms with Crippen LogP contribution in [-0.2, 0) is 13.1 Å². The van der Waals surface area contributed by atoms with Crippen LogP contribution < -0.4 is 17.0 Å². The first-order chi connectivity index (χ1) is 16.4. The summed E-state index contributed by atoms with van der Waals surface area (Å²) in [6, 6.07) is 16.1. The second-order valence-corrected chi connectivity index (χ2v) is 8.62. The molecule has 0 bridgehead atoms. The molecular formula is C23H20ClN5O4S. The molecule has 2 aromatic heterocycles. The van der Waals surface area contributed by atoms with Gasteiger partial charge in [0.1, 0.15) is 11.4 Å². The molecule has 4 aromatic rings. The molecule has 0 saturated carbocycles. The Morgan fingerprint density at radius 2 is 1.85 bits per heavy atom. The SMILES string of the molecule is CCn1c(=O)c(C(=O)CSc2nnc(-c3cccc(Cl)c3)o2)c(N)n(Cc2ccccc2)c1=O. The number of aromatic nitrogens is 4. The van der Waals surface area contributed by atoms with E-state index in [1.807, 2.05) is 30.3 Å². The zero-order chi connectivity index (χ0) is 24.2. The molecule has 0 amide bonds. The van der Waals surface area contributed by atoms with Crippen molar-refractivity contribution in [2.45, 2.75) is 25.2 Å². The molecule has 0 aliphatic heterocycles. The van der Waals surface area contributed by atoms with Gasteiger partial charge in [-0.3, -0.25) is 18.7 Å². The minimum Gasteiger partial charge on any atom is -0.411 e. The predicted octanol–water partition coefficient (Wildman–Crippen LogP) is 3.34. The Kier molecular flexibility index (Phi) is 6.99. The molecule has 174 valence electrons. The second-order valence-electron chi connectivity index (χ2n) is 7.26. The molecule has 34 heavy (non-hydrogen) atoms. The van der Waals surface area contributed by atoms with Gasteiger partial charge in [-0.05, 0) is 30.7 Å². The number of ketones is 1. The Balaban J connectivity index is 1.60. The van der Waals surface area contributed by atoms with Crippen molar-refractivity contribution >= 4 is 35.0 Å². The van der Waals surface area contributed by atoms with E-state index in [-0.39, 0.29) is 41.3 Å². The van der Waals surface area contributed by atoms with Gasteiger partial charge in [0.25, 0.3) is 10.8 Å². The van der Waals surface area contributed by atoms with Gasteiger partial charge in [0.15, 0.2) is 5.78 Å². The number of nitrogen functional groups attached to an aromatic ring is 1. The number of thioether (sulfide) groups is 1. The van der Waals surface area contributed by atoms with Crippen LogP contribution in [0.15, 0.2) is 73.8 Å². The molecule has 0 fully saturated rings. The second kappa shape index (κ2) is 10.1. The van der Waals surface area contributed by atoms with Crippen molar-refractivity contribution in [3.63, 3.8) is 0 Å².